The van der Waals surface area contributed by atoms with Crippen molar-refractivity contribution in [2.75, 3.05) is 13.2 Å². The van der Waals surface area contributed by atoms with Gasteiger partial charge in [0.15, 0.2) is 6.10 Å². The predicted molar refractivity (Wildman–Crippen MR) is 297 cm³/mol. The van der Waals surface area contributed by atoms with E-state index in [1.54, 1.807) is 0 Å². The quantitative estimate of drug-likeness (QED) is 0.0262. The predicted octanol–water partition coefficient (Wildman–Crippen LogP) is 18.9. The van der Waals surface area contributed by atoms with Gasteiger partial charge in [0.05, 0.1) is 0 Å². The monoisotopic (exact) mass is 955 g/mol. The molecule has 0 aliphatic heterocycles. The van der Waals surface area contributed by atoms with Gasteiger partial charge in [0.1, 0.15) is 13.2 Å². The highest BCUT2D eigenvalue weighted by Crippen LogP contribution is 2.13. The largest absolute Gasteiger partial charge is 0.462 e. The lowest BCUT2D eigenvalue weighted by Gasteiger charge is -2.18. The number of rotatable bonds is 49. The first-order chi connectivity index (χ1) is 34.0. The van der Waals surface area contributed by atoms with E-state index in [4.69, 9.17) is 14.2 Å². The molecule has 0 radical (unpaired) electrons. The van der Waals surface area contributed by atoms with Crippen molar-refractivity contribution < 1.29 is 28.6 Å². The number of allylic oxidation sites excluding steroid dienone is 20. The van der Waals surface area contributed by atoms with Crippen molar-refractivity contribution in [3.05, 3.63) is 122 Å². The maximum absolute atomic E-state index is 12.7. The molecule has 0 aromatic heterocycles. The van der Waals surface area contributed by atoms with Gasteiger partial charge in [-0.25, -0.2) is 0 Å². The fourth-order valence-corrected chi connectivity index (χ4v) is 7.25. The number of hydrogen-bond acceptors (Lipinski definition) is 6. The summed E-state index contributed by atoms with van der Waals surface area (Å²) < 4.78 is 16.6. The average Bonchev–Trinajstić information content (AvgIpc) is 3.35. The molecule has 0 fully saturated rings. The third-order valence-corrected chi connectivity index (χ3v) is 11.5. The fraction of sp³-hybridized carbons (Fsp3) is 0.635. The van der Waals surface area contributed by atoms with Crippen LogP contribution in [0, 0.1) is 0 Å². The Hall–Kier alpha value is -4.19. The molecule has 0 amide bonds. The molecule has 0 heterocycles. The van der Waals surface area contributed by atoms with E-state index in [0.717, 1.165) is 154 Å². The van der Waals surface area contributed by atoms with E-state index >= 15 is 0 Å². The highest BCUT2D eigenvalue weighted by Gasteiger charge is 2.19. The van der Waals surface area contributed by atoms with Crippen molar-refractivity contribution in [3.8, 4) is 0 Å². The second kappa shape index (κ2) is 56.4. The van der Waals surface area contributed by atoms with E-state index in [0.29, 0.717) is 19.3 Å². The van der Waals surface area contributed by atoms with Crippen LogP contribution in [0.4, 0.5) is 0 Å². The molecule has 0 rings (SSSR count). The van der Waals surface area contributed by atoms with E-state index in [9.17, 15) is 14.4 Å². The van der Waals surface area contributed by atoms with Crippen LogP contribution >= 0.6 is 0 Å². The second-order valence-corrected chi connectivity index (χ2v) is 18.1. The first-order valence-corrected chi connectivity index (χ1v) is 28.0. The molecule has 0 aliphatic carbocycles. The Morgan fingerprint density at radius 1 is 0.304 bits per heavy atom. The number of carbonyl (C=O) groups is 3. The molecule has 0 bridgehead atoms. The normalized spacial score (nSPS) is 13.0. The lowest BCUT2D eigenvalue weighted by Crippen LogP contribution is -2.30. The molecular weight excluding hydrogens is 853 g/mol. The van der Waals surface area contributed by atoms with E-state index in [1.165, 1.54) is 44.9 Å². The van der Waals surface area contributed by atoms with Crippen LogP contribution < -0.4 is 0 Å². The van der Waals surface area contributed by atoms with E-state index in [-0.39, 0.29) is 31.1 Å². The molecule has 0 spiro atoms. The van der Waals surface area contributed by atoms with Gasteiger partial charge >= 0.3 is 17.9 Å². The highest BCUT2D eigenvalue weighted by atomic mass is 16.6. The number of hydrogen-bond donors (Lipinski definition) is 0. The summed E-state index contributed by atoms with van der Waals surface area (Å²) >= 11 is 0. The molecule has 69 heavy (non-hydrogen) atoms. The summed E-state index contributed by atoms with van der Waals surface area (Å²) in [7, 11) is 0. The van der Waals surface area contributed by atoms with Gasteiger partial charge in [0.2, 0.25) is 0 Å². The minimum atomic E-state index is -0.788. The zero-order valence-corrected chi connectivity index (χ0v) is 44.5. The van der Waals surface area contributed by atoms with Gasteiger partial charge in [0, 0.05) is 19.3 Å². The van der Waals surface area contributed by atoms with Crippen LogP contribution in [0.15, 0.2) is 122 Å². The Kier molecular flexibility index (Phi) is 53.0. The van der Waals surface area contributed by atoms with E-state index in [2.05, 4.69) is 142 Å². The Labute approximate surface area is 424 Å². The SMILES string of the molecule is CC/C=C\C/C=C\C/C=C\C/C=C\C/C=C\C/C=C\C/C=C\C/C=C\C/C=C\CCCCCCCC(=O)OCC(COC(=O)CCCCCCC)OC(=O)CCCCCCC/C=C\CCCCCC. The van der Waals surface area contributed by atoms with Crippen LogP contribution in [0.1, 0.15) is 239 Å². The van der Waals surface area contributed by atoms with Crippen molar-refractivity contribution in [1.29, 1.82) is 0 Å². The van der Waals surface area contributed by atoms with Crippen LogP contribution in [0.5, 0.6) is 0 Å². The zero-order chi connectivity index (χ0) is 50.0. The molecular formula is C63H102O6. The topological polar surface area (TPSA) is 78.9 Å². The number of carbonyl (C=O) groups excluding carboxylic acids is 3. The van der Waals surface area contributed by atoms with Gasteiger partial charge in [0.25, 0.3) is 0 Å². The molecule has 6 nitrogen and oxygen atoms in total. The number of esters is 3. The van der Waals surface area contributed by atoms with Crippen LogP contribution in [0.25, 0.3) is 0 Å². The molecule has 0 aromatic carbocycles. The third-order valence-electron chi connectivity index (χ3n) is 11.5. The molecule has 0 saturated heterocycles. The Bertz CT molecular complexity index is 1470. The Morgan fingerprint density at radius 3 is 0.913 bits per heavy atom. The molecule has 1 unspecified atom stereocenters. The van der Waals surface area contributed by atoms with Crippen molar-refractivity contribution in [2.45, 2.75) is 245 Å². The van der Waals surface area contributed by atoms with Crippen molar-refractivity contribution >= 4 is 17.9 Å². The Balaban J connectivity index is 4.12. The molecule has 390 valence electrons. The molecule has 6 heteroatoms. The second-order valence-electron chi connectivity index (χ2n) is 18.1. The molecule has 0 aliphatic rings. The van der Waals surface area contributed by atoms with Crippen LogP contribution in [-0.2, 0) is 28.6 Å². The standard InChI is InChI=1S/C63H102O6/c1-4-7-10-13-15-17-19-21-22-23-24-25-26-27-28-29-30-31-32-33-34-35-36-37-38-39-40-42-43-45-47-50-53-56-62(65)68-59-60(58-67-61(64)55-52-49-12-9-6-3)69-63(66)57-54-51-48-46-44-41-20-18-16-14-11-8-5-2/h7,10,15,17-18,20-22,24-25,27-28,30-31,33-34,36-37,39-40,60H,4-6,8-9,11-14,16,19,23,26,29,32,35,38,41-59H2,1-3H3/b10-7-,17-15-,20-18-,22-21-,25-24-,28-27-,31-30-,34-33-,37-36-,40-39-. The summed E-state index contributed by atoms with van der Waals surface area (Å²) in [5, 5.41) is 0. The summed E-state index contributed by atoms with van der Waals surface area (Å²) in [6.07, 6.45) is 78.1. The fourth-order valence-electron chi connectivity index (χ4n) is 7.25. The molecule has 0 saturated carbocycles. The van der Waals surface area contributed by atoms with Crippen molar-refractivity contribution in [1.82, 2.24) is 0 Å². The van der Waals surface area contributed by atoms with Crippen molar-refractivity contribution in [2.24, 2.45) is 0 Å². The zero-order valence-electron chi connectivity index (χ0n) is 44.5. The highest BCUT2D eigenvalue weighted by molar-refractivity contribution is 5.71. The molecule has 1 atom stereocenters. The number of unbranched alkanes of at least 4 members (excludes halogenated alkanes) is 18. The van der Waals surface area contributed by atoms with E-state index < -0.39 is 6.10 Å². The lowest BCUT2D eigenvalue weighted by molar-refractivity contribution is -0.167. The minimum Gasteiger partial charge on any atom is -0.462 e. The number of ether oxygens (including phenoxy) is 3. The van der Waals surface area contributed by atoms with E-state index in [1.807, 2.05) is 0 Å². The van der Waals surface area contributed by atoms with Gasteiger partial charge < -0.3 is 14.2 Å². The maximum atomic E-state index is 12.7. The summed E-state index contributed by atoms with van der Waals surface area (Å²) in [5.74, 6) is -0.939. The van der Waals surface area contributed by atoms with Gasteiger partial charge in [-0.1, -0.05) is 226 Å². The smallest absolute Gasteiger partial charge is 0.306 e. The summed E-state index contributed by atoms with van der Waals surface area (Å²) in [4.78, 5) is 37.7. The van der Waals surface area contributed by atoms with Crippen molar-refractivity contribution in [3.63, 3.8) is 0 Å². The van der Waals surface area contributed by atoms with Crippen LogP contribution in [0.3, 0.4) is 0 Å². The lowest BCUT2D eigenvalue weighted by atomic mass is 10.1. The first-order valence-electron chi connectivity index (χ1n) is 28.0. The summed E-state index contributed by atoms with van der Waals surface area (Å²) in [6, 6.07) is 0. The summed E-state index contributed by atoms with van der Waals surface area (Å²) in [6.45, 7) is 6.38. The van der Waals surface area contributed by atoms with Gasteiger partial charge in [-0.3, -0.25) is 14.4 Å². The Morgan fingerprint density at radius 2 is 0.565 bits per heavy atom. The van der Waals surface area contributed by atoms with Crippen LogP contribution in [0.2, 0.25) is 0 Å². The van der Waals surface area contributed by atoms with Gasteiger partial charge in [-0.05, 0) is 116 Å². The third kappa shape index (κ3) is 54.6. The van der Waals surface area contributed by atoms with Gasteiger partial charge in [-0.15, -0.1) is 0 Å². The van der Waals surface area contributed by atoms with Gasteiger partial charge in [-0.2, -0.15) is 0 Å². The molecule has 0 aromatic rings. The first kappa shape index (κ1) is 64.8. The van der Waals surface area contributed by atoms with Crippen LogP contribution in [-0.4, -0.2) is 37.2 Å². The average molecular weight is 956 g/mol. The molecule has 0 N–H and O–H groups in total. The minimum absolute atomic E-state index is 0.0900. The maximum Gasteiger partial charge on any atom is 0.306 e. The summed E-state index contributed by atoms with van der Waals surface area (Å²) in [5.41, 5.74) is 0.